The van der Waals surface area contributed by atoms with Crippen LogP contribution >= 0.6 is 11.8 Å². The van der Waals surface area contributed by atoms with E-state index in [4.69, 9.17) is 5.73 Å². The molecule has 1 atom stereocenters. The second kappa shape index (κ2) is 7.27. The van der Waals surface area contributed by atoms with E-state index in [0.29, 0.717) is 0 Å². The third kappa shape index (κ3) is 6.94. The van der Waals surface area contributed by atoms with Crippen molar-refractivity contribution < 1.29 is 4.79 Å². The van der Waals surface area contributed by atoms with Gasteiger partial charge in [-0.05, 0) is 45.9 Å². The van der Waals surface area contributed by atoms with Gasteiger partial charge in [0.2, 0.25) is 5.91 Å². The van der Waals surface area contributed by atoms with E-state index in [2.05, 4.69) is 39.5 Å². The van der Waals surface area contributed by atoms with Crippen LogP contribution in [0.4, 0.5) is 0 Å². The number of amides is 1. The molecular weight excluding hydrogens is 232 g/mol. The molecule has 102 valence electrons. The molecule has 0 rings (SSSR count). The molecule has 2 N–H and O–H groups in total. The summed E-state index contributed by atoms with van der Waals surface area (Å²) >= 11 is 1.82. The second-order valence-corrected chi connectivity index (χ2v) is 7.11. The zero-order valence-electron chi connectivity index (χ0n) is 12.1. The predicted molar refractivity (Wildman–Crippen MR) is 77.3 cm³/mol. The fourth-order valence-electron chi connectivity index (χ4n) is 1.37. The van der Waals surface area contributed by atoms with Crippen LogP contribution in [0.3, 0.4) is 0 Å². The second-order valence-electron chi connectivity index (χ2n) is 5.96. The average molecular weight is 260 g/mol. The van der Waals surface area contributed by atoms with E-state index >= 15 is 0 Å². The quantitative estimate of drug-likeness (QED) is 0.715. The first kappa shape index (κ1) is 16.8. The maximum atomic E-state index is 11.5. The maximum Gasteiger partial charge on any atom is 0.235 e. The van der Waals surface area contributed by atoms with E-state index in [1.165, 1.54) is 6.42 Å². The van der Waals surface area contributed by atoms with Crippen LogP contribution in [0.15, 0.2) is 0 Å². The minimum atomic E-state index is -0.223. The van der Waals surface area contributed by atoms with Crippen LogP contribution in [0.25, 0.3) is 0 Å². The molecule has 0 aliphatic heterocycles. The molecule has 0 bridgehead atoms. The van der Waals surface area contributed by atoms with Gasteiger partial charge in [-0.3, -0.25) is 9.69 Å². The van der Waals surface area contributed by atoms with Crippen molar-refractivity contribution >= 4 is 17.7 Å². The van der Waals surface area contributed by atoms with Crippen molar-refractivity contribution in [2.24, 2.45) is 11.7 Å². The molecule has 0 unspecified atom stereocenters. The van der Waals surface area contributed by atoms with Gasteiger partial charge in [0.25, 0.3) is 0 Å². The number of primary amides is 1. The Hall–Kier alpha value is -0.220. The number of nitrogens with zero attached hydrogens (tertiary/aromatic N) is 1. The number of rotatable bonds is 7. The molecule has 0 saturated heterocycles. The lowest BCUT2D eigenvalue weighted by Crippen LogP contribution is -2.52. The van der Waals surface area contributed by atoms with Crippen molar-refractivity contribution in [3.8, 4) is 0 Å². The largest absolute Gasteiger partial charge is 0.368 e. The Morgan fingerprint density at radius 2 is 1.88 bits per heavy atom. The van der Waals surface area contributed by atoms with E-state index in [1.54, 1.807) is 0 Å². The van der Waals surface area contributed by atoms with Crippen LogP contribution in [0.5, 0.6) is 0 Å². The highest BCUT2D eigenvalue weighted by Crippen LogP contribution is 2.18. The van der Waals surface area contributed by atoms with Gasteiger partial charge in [-0.15, -0.1) is 0 Å². The Kier molecular flexibility index (Phi) is 7.17. The van der Waals surface area contributed by atoms with Gasteiger partial charge < -0.3 is 5.73 Å². The molecular formula is C13H28N2OS. The Morgan fingerprint density at radius 1 is 1.35 bits per heavy atom. The van der Waals surface area contributed by atoms with Crippen molar-refractivity contribution in [3.63, 3.8) is 0 Å². The van der Waals surface area contributed by atoms with Gasteiger partial charge in [0, 0.05) is 11.3 Å². The number of carbonyl (C=O) groups excluding carboxylic acids is 1. The average Bonchev–Trinajstić information content (AvgIpc) is 2.14. The predicted octanol–water partition coefficient (Wildman–Crippen LogP) is 2.35. The topological polar surface area (TPSA) is 46.3 Å². The summed E-state index contributed by atoms with van der Waals surface area (Å²) in [6, 6.07) is -0.174. The molecule has 0 radical (unpaired) electrons. The highest BCUT2D eigenvalue weighted by Gasteiger charge is 2.28. The van der Waals surface area contributed by atoms with Crippen molar-refractivity contribution in [3.05, 3.63) is 0 Å². The van der Waals surface area contributed by atoms with Gasteiger partial charge in [0.05, 0.1) is 6.04 Å². The summed E-state index contributed by atoms with van der Waals surface area (Å²) in [6.07, 6.45) is 1.19. The highest BCUT2D eigenvalue weighted by molar-refractivity contribution is 7.99. The summed E-state index contributed by atoms with van der Waals surface area (Å²) in [6.45, 7) is 10.7. The van der Waals surface area contributed by atoms with E-state index in [1.807, 2.05) is 18.8 Å². The van der Waals surface area contributed by atoms with Crippen LogP contribution in [0.2, 0.25) is 0 Å². The van der Waals surface area contributed by atoms with Crippen LogP contribution < -0.4 is 5.73 Å². The van der Waals surface area contributed by atoms with Gasteiger partial charge in [-0.1, -0.05) is 13.8 Å². The van der Waals surface area contributed by atoms with Crippen LogP contribution in [0.1, 0.15) is 41.0 Å². The first-order chi connectivity index (χ1) is 7.66. The first-order valence-electron chi connectivity index (χ1n) is 6.26. The molecule has 0 heterocycles. The number of likely N-dealkylation sites (N-methyl/N-ethyl adjacent to an activating group) is 1. The van der Waals surface area contributed by atoms with Crippen LogP contribution in [0, 0.1) is 5.92 Å². The monoisotopic (exact) mass is 260 g/mol. The van der Waals surface area contributed by atoms with Crippen molar-refractivity contribution in [1.29, 1.82) is 0 Å². The van der Waals surface area contributed by atoms with E-state index < -0.39 is 0 Å². The summed E-state index contributed by atoms with van der Waals surface area (Å²) in [5, 5.41) is 0. The molecule has 17 heavy (non-hydrogen) atoms. The Balaban J connectivity index is 4.22. The molecule has 0 fully saturated rings. The van der Waals surface area contributed by atoms with Gasteiger partial charge in [-0.2, -0.15) is 11.8 Å². The van der Waals surface area contributed by atoms with Gasteiger partial charge in [0.1, 0.15) is 0 Å². The molecule has 0 aromatic rings. The lowest BCUT2D eigenvalue weighted by atomic mass is 10.0. The first-order valence-corrected chi connectivity index (χ1v) is 7.41. The molecule has 0 spiro atoms. The van der Waals surface area contributed by atoms with Crippen molar-refractivity contribution in [2.45, 2.75) is 52.6 Å². The van der Waals surface area contributed by atoms with Crippen LogP contribution in [-0.4, -0.2) is 40.9 Å². The molecule has 0 aliphatic carbocycles. The molecule has 4 heteroatoms. The molecule has 0 aromatic heterocycles. The third-order valence-electron chi connectivity index (χ3n) is 2.97. The zero-order valence-corrected chi connectivity index (χ0v) is 12.9. The lowest BCUT2D eigenvalue weighted by Gasteiger charge is -2.37. The summed E-state index contributed by atoms with van der Waals surface area (Å²) in [7, 11) is 1.97. The summed E-state index contributed by atoms with van der Waals surface area (Å²) < 4.78 is 0. The lowest BCUT2D eigenvalue weighted by molar-refractivity contribution is -0.123. The third-order valence-corrected chi connectivity index (χ3v) is 4.05. The minimum Gasteiger partial charge on any atom is -0.368 e. The zero-order chi connectivity index (χ0) is 13.6. The maximum absolute atomic E-state index is 11.5. The number of nitrogens with two attached hydrogens (primary N) is 1. The minimum absolute atomic E-state index is 0.0295. The molecule has 0 aromatic carbocycles. The Labute approximate surface area is 111 Å². The SMILES string of the molecule is CC(C)CCSC[C@H](C(N)=O)N(C)C(C)(C)C. The van der Waals surface area contributed by atoms with Crippen LogP contribution in [-0.2, 0) is 4.79 Å². The van der Waals surface area contributed by atoms with Gasteiger partial charge in [0.15, 0.2) is 0 Å². The van der Waals surface area contributed by atoms with Gasteiger partial charge >= 0.3 is 0 Å². The normalized spacial score (nSPS) is 14.4. The molecule has 1 amide bonds. The Morgan fingerprint density at radius 3 is 2.24 bits per heavy atom. The summed E-state index contributed by atoms with van der Waals surface area (Å²) in [5.74, 6) is 2.38. The number of thioether (sulfide) groups is 1. The number of carbonyl (C=O) groups is 1. The summed E-state index contributed by atoms with van der Waals surface area (Å²) in [5.41, 5.74) is 5.45. The van der Waals surface area contributed by atoms with E-state index in [0.717, 1.165) is 17.4 Å². The fraction of sp³-hybridized carbons (Fsp3) is 0.923. The Bertz CT molecular complexity index is 236. The van der Waals surface area contributed by atoms with Crippen molar-refractivity contribution in [2.75, 3.05) is 18.6 Å². The van der Waals surface area contributed by atoms with Gasteiger partial charge in [-0.25, -0.2) is 0 Å². The fourth-order valence-corrected chi connectivity index (χ4v) is 2.78. The number of hydrogen-bond donors (Lipinski definition) is 1. The van der Waals surface area contributed by atoms with E-state index in [9.17, 15) is 4.79 Å². The molecule has 0 aliphatic rings. The standard InChI is InChI=1S/C13H28N2OS/c1-10(2)7-8-17-9-11(12(14)16)15(6)13(3,4)5/h10-11H,7-9H2,1-6H3,(H2,14,16)/t11-/m1/s1. The number of hydrogen-bond acceptors (Lipinski definition) is 3. The smallest absolute Gasteiger partial charge is 0.235 e. The molecule has 0 saturated carbocycles. The van der Waals surface area contributed by atoms with E-state index in [-0.39, 0.29) is 17.5 Å². The molecule has 3 nitrogen and oxygen atoms in total. The van der Waals surface area contributed by atoms with Crippen molar-refractivity contribution in [1.82, 2.24) is 4.90 Å². The summed E-state index contributed by atoms with van der Waals surface area (Å²) in [4.78, 5) is 13.6. The highest BCUT2D eigenvalue weighted by atomic mass is 32.2.